The molecule has 1 N–H and O–H groups in total. The Bertz CT molecular complexity index is 1150. The lowest BCUT2D eigenvalue weighted by Gasteiger charge is -2.24. The van der Waals surface area contributed by atoms with Crippen molar-refractivity contribution in [3.05, 3.63) is 94.8 Å². The Kier molecular flexibility index (Phi) is 7.30. The Morgan fingerprint density at radius 1 is 1.03 bits per heavy atom. The van der Waals surface area contributed by atoms with Gasteiger partial charge in [0.15, 0.2) is 0 Å². The predicted octanol–water partition coefficient (Wildman–Crippen LogP) is 4.34. The van der Waals surface area contributed by atoms with Gasteiger partial charge in [-0.2, -0.15) is 0 Å². The number of nitrogens with one attached hydrogen (secondary N) is 1. The van der Waals surface area contributed by atoms with Crippen LogP contribution in [0.15, 0.2) is 77.7 Å². The largest absolute Gasteiger partial charge is 0.354 e. The van der Waals surface area contributed by atoms with Crippen LogP contribution in [0.4, 0.5) is 10.1 Å². The minimum atomic E-state index is -3.99. The molecule has 0 aromatic heterocycles. The van der Waals surface area contributed by atoms with Crippen molar-refractivity contribution in [3.63, 3.8) is 0 Å². The zero-order chi connectivity index (χ0) is 22.4. The zero-order valence-corrected chi connectivity index (χ0v) is 18.5. The Hall–Kier alpha value is -2.90. The molecule has 3 aromatic carbocycles. The summed E-state index contributed by atoms with van der Waals surface area (Å²) in [5.74, 6) is -0.787. The number of hydrogen-bond acceptors (Lipinski definition) is 3. The Morgan fingerprint density at radius 2 is 1.71 bits per heavy atom. The molecule has 5 nitrogen and oxygen atoms in total. The Morgan fingerprint density at radius 3 is 2.35 bits per heavy atom. The van der Waals surface area contributed by atoms with E-state index in [1.807, 2.05) is 6.92 Å². The van der Waals surface area contributed by atoms with Gasteiger partial charge in [-0.25, -0.2) is 12.8 Å². The first-order valence-corrected chi connectivity index (χ1v) is 11.4. The minimum Gasteiger partial charge on any atom is -0.354 e. The number of carbonyl (C=O) groups excluding carboxylic acids is 1. The maximum Gasteiger partial charge on any atom is 0.264 e. The Balaban J connectivity index is 1.78. The summed E-state index contributed by atoms with van der Waals surface area (Å²) in [7, 11) is -3.99. The van der Waals surface area contributed by atoms with Crippen molar-refractivity contribution in [1.82, 2.24) is 5.32 Å². The molecule has 0 saturated carbocycles. The van der Waals surface area contributed by atoms with E-state index < -0.39 is 22.5 Å². The average molecular weight is 461 g/mol. The highest BCUT2D eigenvalue weighted by Gasteiger charge is 2.27. The van der Waals surface area contributed by atoms with Gasteiger partial charge in [0.1, 0.15) is 12.4 Å². The molecular weight excluding hydrogens is 439 g/mol. The number of hydrogen-bond donors (Lipinski definition) is 1. The molecule has 1 amide bonds. The first-order chi connectivity index (χ1) is 14.8. The molecule has 0 fully saturated rings. The summed E-state index contributed by atoms with van der Waals surface area (Å²) < 4.78 is 40.6. The summed E-state index contributed by atoms with van der Waals surface area (Å²) in [5.41, 5.74) is 1.96. The topological polar surface area (TPSA) is 66.5 Å². The molecule has 0 spiro atoms. The maximum absolute atomic E-state index is 13.3. The van der Waals surface area contributed by atoms with Crippen LogP contribution < -0.4 is 9.62 Å². The van der Waals surface area contributed by atoms with Gasteiger partial charge in [0.05, 0.1) is 10.6 Å². The van der Waals surface area contributed by atoms with Crippen molar-refractivity contribution in [2.75, 3.05) is 17.4 Å². The van der Waals surface area contributed by atoms with Gasteiger partial charge in [-0.1, -0.05) is 48.0 Å². The molecule has 8 heteroatoms. The normalized spacial score (nSPS) is 11.2. The van der Waals surface area contributed by atoms with Crippen LogP contribution in [0.3, 0.4) is 0 Å². The van der Waals surface area contributed by atoms with Crippen molar-refractivity contribution in [2.45, 2.75) is 18.2 Å². The summed E-state index contributed by atoms with van der Waals surface area (Å²) in [6.45, 7) is 1.70. The molecule has 3 aromatic rings. The monoisotopic (exact) mass is 460 g/mol. The van der Waals surface area contributed by atoms with E-state index >= 15 is 0 Å². The van der Waals surface area contributed by atoms with Crippen LogP contribution in [0.25, 0.3) is 0 Å². The summed E-state index contributed by atoms with van der Waals surface area (Å²) in [6, 6.07) is 18.8. The lowest BCUT2D eigenvalue weighted by atomic mass is 10.1. The number of aryl methyl sites for hydroxylation is 1. The molecule has 0 aliphatic carbocycles. The molecule has 0 aliphatic heterocycles. The molecule has 0 saturated heterocycles. The number of anilines is 1. The average Bonchev–Trinajstić information content (AvgIpc) is 2.76. The molecule has 162 valence electrons. The molecule has 31 heavy (non-hydrogen) atoms. The molecular formula is C23H22ClFN2O3S. The van der Waals surface area contributed by atoms with Gasteiger partial charge in [-0.3, -0.25) is 9.10 Å². The van der Waals surface area contributed by atoms with Crippen LogP contribution in [-0.2, 0) is 21.2 Å². The fourth-order valence-electron chi connectivity index (χ4n) is 2.96. The van der Waals surface area contributed by atoms with Gasteiger partial charge in [-0.15, -0.1) is 0 Å². The molecule has 0 aliphatic rings. The van der Waals surface area contributed by atoms with Crippen LogP contribution in [-0.4, -0.2) is 27.4 Å². The number of sulfonamides is 1. The maximum atomic E-state index is 13.3. The molecule has 0 radical (unpaired) electrons. The minimum absolute atomic E-state index is 0.0748. The SMILES string of the molecule is Cc1ccc(N(CC(=O)NCCc2ccc(F)cc2)S(=O)(=O)c2ccccc2)cc1Cl. The predicted molar refractivity (Wildman–Crippen MR) is 120 cm³/mol. The quantitative estimate of drug-likeness (QED) is 0.543. The van der Waals surface area contributed by atoms with Crippen LogP contribution >= 0.6 is 11.6 Å². The fourth-order valence-corrected chi connectivity index (χ4v) is 4.56. The fraction of sp³-hybridized carbons (Fsp3) is 0.174. The summed E-state index contributed by atoms with van der Waals surface area (Å²) in [4.78, 5) is 12.7. The molecule has 0 heterocycles. The van der Waals surface area contributed by atoms with Crippen LogP contribution in [0, 0.1) is 12.7 Å². The first kappa shape index (κ1) is 22.8. The van der Waals surface area contributed by atoms with Crippen molar-refractivity contribution >= 4 is 33.2 Å². The number of nitrogens with zero attached hydrogens (tertiary/aromatic N) is 1. The van der Waals surface area contributed by atoms with Crippen LogP contribution in [0.1, 0.15) is 11.1 Å². The second kappa shape index (κ2) is 9.94. The second-order valence-corrected chi connectivity index (χ2v) is 9.25. The van der Waals surface area contributed by atoms with Gasteiger partial charge in [0, 0.05) is 11.6 Å². The lowest BCUT2D eigenvalue weighted by Crippen LogP contribution is -2.41. The molecule has 0 bridgehead atoms. The van der Waals surface area contributed by atoms with Crippen molar-refractivity contribution in [3.8, 4) is 0 Å². The summed E-state index contributed by atoms with van der Waals surface area (Å²) in [5, 5.41) is 3.13. The second-order valence-electron chi connectivity index (χ2n) is 6.98. The van der Waals surface area contributed by atoms with E-state index in [4.69, 9.17) is 11.6 Å². The van der Waals surface area contributed by atoms with E-state index in [1.165, 1.54) is 30.3 Å². The number of rotatable bonds is 8. The molecule has 0 unspecified atom stereocenters. The van der Waals surface area contributed by atoms with E-state index in [9.17, 15) is 17.6 Å². The van der Waals surface area contributed by atoms with Gasteiger partial charge in [0.25, 0.3) is 10.0 Å². The van der Waals surface area contributed by atoms with Crippen molar-refractivity contribution in [1.29, 1.82) is 0 Å². The van der Waals surface area contributed by atoms with Crippen LogP contribution in [0.2, 0.25) is 5.02 Å². The van der Waals surface area contributed by atoms with Crippen molar-refractivity contribution < 1.29 is 17.6 Å². The molecule has 3 rings (SSSR count). The number of benzene rings is 3. The van der Waals surface area contributed by atoms with Crippen molar-refractivity contribution in [2.24, 2.45) is 0 Å². The number of carbonyl (C=O) groups is 1. The van der Waals surface area contributed by atoms with E-state index in [0.29, 0.717) is 23.7 Å². The Labute approximate surface area is 186 Å². The van der Waals surface area contributed by atoms with E-state index in [2.05, 4.69) is 5.32 Å². The highest BCUT2D eigenvalue weighted by molar-refractivity contribution is 7.92. The third kappa shape index (κ3) is 5.83. The van der Waals surface area contributed by atoms with Gasteiger partial charge in [0.2, 0.25) is 5.91 Å². The summed E-state index contributed by atoms with van der Waals surface area (Å²) in [6.07, 6.45) is 0.494. The third-order valence-electron chi connectivity index (χ3n) is 4.71. The number of halogens is 2. The van der Waals surface area contributed by atoms with E-state index in [0.717, 1.165) is 15.4 Å². The van der Waals surface area contributed by atoms with E-state index in [1.54, 1.807) is 42.5 Å². The highest BCUT2D eigenvalue weighted by atomic mass is 35.5. The van der Waals surface area contributed by atoms with Gasteiger partial charge in [-0.05, 0) is 60.9 Å². The standard InChI is InChI=1S/C23H22ClFN2O3S/c1-17-7-12-20(15-22(17)24)27(31(29,30)21-5-3-2-4-6-21)16-23(28)26-14-13-18-8-10-19(25)11-9-18/h2-12,15H,13-14,16H2,1H3,(H,26,28). The smallest absolute Gasteiger partial charge is 0.264 e. The highest BCUT2D eigenvalue weighted by Crippen LogP contribution is 2.27. The zero-order valence-electron chi connectivity index (χ0n) is 16.9. The lowest BCUT2D eigenvalue weighted by molar-refractivity contribution is -0.119. The summed E-state index contributed by atoms with van der Waals surface area (Å²) >= 11 is 6.20. The van der Waals surface area contributed by atoms with E-state index in [-0.39, 0.29) is 10.7 Å². The third-order valence-corrected chi connectivity index (χ3v) is 6.91. The van der Waals surface area contributed by atoms with Gasteiger partial charge >= 0.3 is 0 Å². The molecule has 0 atom stereocenters. The van der Waals surface area contributed by atoms with Gasteiger partial charge < -0.3 is 5.32 Å². The first-order valence-electron chi connectivity index (χ1n) is 9.62. The number of amides is 1. The van der Waals surface area contributed by atoms with Crippen LogP contribution in [0.5, 0.6) is 0 Å².